The summed E-state index contributed by atoms with van der Waals surface area (Å²) in [4.78, 5) is 12.5. The highest BCUT2D eigenvalue weighted by Gasteiger charge is 2.19. The van der Waals surface area contributed by atoms with Crippen molar-refractivity contribution in [1.29, 1.82) is 0 Å². The zero-order valence-corrected chi connectivity index (χ0v) is 9.19. The molecule has 0 spiro atoms. The highest BCUT2D eigenvalue weighted by molar-refractivity contribution is 5.73. The Morgan fingerprint density at radius 2 is 2.47 bits per heavy atom. The number of ether oxygens (including phenoxy) is 1. The molecule has 0 saturated carbocycles. The van der Waals surface area contributed by atoms with Crippen LogP contribution in [0.4, 0.5) is 0 Å². The highest BCUT2D eigenvalue weighted by Crippen LogP contribution is 2.14. The molecule has 0 bridgehead atoms. The second kappa shape index (κ2) is 6.05. The minimum atomic E-state index is -0.943. The van der Waals surface area contributed by atoms with Gasteiger partial charge in [-0.1, -0.05) is 0 Å². The summed E-state index contributed by atoms with van der Waals surface area (Å²) in [7, 11) is 1.90. The molecule has 1 fully saturated rings. The number of carbonyl (C=O) groups is 1. The van der Waals surface area contributed by atoms with Crippen LogP contribution in [-0.4, -0.2) is 55.4 Å². The maximum atomic E-state index is 10.6. The van der Waals surface area contributed by atoms with Crippen LogP contribution < -0.4 is 5.73 Å². The molecule has 5 nitrogen and oxygen atoms in total. The summed E-state index contributed by atoms with van der Waals surface area (Å²) in [5.41, 5.74) is 5.45. The van der Waals surface area contributed by atoms with Gasteiger partial charge in [0, 0.05) is 19.7 Å². The molecule has 2 atom stereocenters. The minimum absolute atomic E-state index is 0.395. The number of nitrogens with two attached hydrogens (primary N) is 1. The zero-order valence-electron chi connectivity index (χ0n) is 9.19. The average Bonchev–Trinajstić information content (AvgIpc) is 2.18. The van der Waals surface area contributed by atoms with Crippen LogP contribution in [0.2, 0.25) is 0 Å². The summed E-state index contributed by atoms with van der Waals surface area (Å²) in [6.07, 6.45) is 2.26. The van der Waals surface area contributed by atoms with E-state index in [0.717, 1.165) is 32.6 Å². The van der Waals surface area contributed by atoms with Crippen LogP contribution in [-0.2, 0) is 9.53 Å². The minimum Gasteiger partial charge on any atom is -0.480 e. The average molecular weight is 216 g/mol. The molecule has 1 aliphatic heterocycles. The summed E-state index contributed by atoms with van der Waals surface area (Å²) in [5, 5.41) is 8.66. The molecule has 15 heavy (non-hydrogen) atoms. The van der Waals surface area contributed by atoms with Crippen LogP contribution in [0.1, 0.15) is 12.8 Å². The second-order valence-electron chi connectivity index (χ2n) is 4.25. The molecule has 0 radical (unpaired) electrons. The van der Waals surface area contributed by atoms with Gasteiger partial charge in [0.15, 0.2) is 0 Å². The Kier molecular flexibility index (Phi) is 5.01. The second-order valence-corrected chi connectivity index (χ2v) is 4.25. The predicted octanol–water partition coefficient (Wildman–Crippen LogP) is -0.243. The highest BCUT2D eigenvalue weighted by atomic mass is 16.5. The largest absolute Gasteiger partial charge is 0.480 e. The molecule has 1 rings (SSSR count). The lowest BCUT2D eigenvalue weighted by molar-refractivity contribution is -0.139. The monoisotopic (exact) mass is 216 g/mol. The molecule has 0 aromatic heterocycles. The molecule has 0 aromatic rings. The van der Waals surface area contributed by atoms with E-state index < -0.39 is 12.0 Å². The number of carboxylic acids is 1. The van der Waals surface area contributed by atoms with Gasteiger partial charge in [0.05, 0.1) is 6.61 Å². The summed E-state index contributed by atoms with van der Waals surface area (Å²) in [6.45, 7) is 2.90. The number of rotatable bonds is 5. The van der Waals surface area contributed by atoms with Crippen molar-refractivity contribution in [3.63, 3.8) is 0 Å². The van der Waals surface area contributed by atoms with Gasteiger partial charge in [-0.25, -0.2) is 0 Å². The number of hydrogen-bond acceptors (Lipinski definition) is 4. The predicted molar refractivity (Wildman–Crippen MR) is 56.7 cm³/mol. The summed E-state index contributed by atoms with van der Waals surface area (Å²) in [5.74, 6) is -0.425. The summed E-state index contributed by atoms with van der Waals surface area (Å²) in [6, 6.07) is -0.792. The van der Waals surface area contributed by atoms with Crippen molar-refractivity contribution in [1.82, 2.24) is 4.90 Å². The molecule has 2 unspecified atom stereocenters. The lowest BCUT2D eigenvalue weighted by Crippen LogP contribution is -2.43. The quantitative estimate of drug-likeness (QED) is 0.663. The van der Waals surface area contributed by atoms with Crippen molar-refractivity contribution in [2.45, 2.75) is 18.9 Å². The Balaban J connectivity index is 2.22. The smallest absolute Gasteiger partial charge is 0.321 e. The third-order valence-electron chi connectivity index (χ3n) is 2.65. The summed E-state index contributed by atoms with van der Waals surface area (Å²) >= 11 is 0. The third kappa shape index (κ3) is 4.59. The van der Waals surface area contributed by atoms with Crippen molar-refractivity contribution < 1.29 is 14.6 Å². The van der Waals surface area contributed by atoms with Gasteiger partial charge in [0.25, 0.3) is 0 Å². The van der Waals surface area contributed by atoms with Gasteiger partial charge >= 0.3 is 5.97 Å². The van der Waals surface area contributed by atoms with E-state index in [2.05, 4.69) is 0 Å². The van der Waals surface area contributed by atoms with Gasteiger partial charge in [-0.2, -0.15) is 0 Å². The number of carboxylic acid groups (broad SMARTS) is 1. The van der Waals surface area contributed by atoms with Crippen LogP contribution >= 0.6 is 0 Å². The lowest BCUT2D eigenvalue weighted by Gasteiger charge is -2.27. The molecular formula is C10H20N2O3. The Bertz CT molecular complexity index is 205. The lowest BCUT2D eigenvalue weighted by atomic mass is 10.0. The standard InChI is InChI=1S/C10H20N2O3/c1-12(6-9(11)10(13)14)5-8-3-2-4-15-7-8/h8-9H,2-7,11H2,1H3,(H,13,14). The SMILES string of the molecule is CN(CC1CCCOC1)CC(N)C(=O)O. The van der Waals surface area contributed by atoms with Crippen LogP contribution in [0.25, 0.3) is 0 Å². The number of aliphatic carboxylic acids is 1. The van der Waals surface area contributed by atoms with Crippen LogP contribution in [0.15, 0.2) is 0 Å². The normalized spacial score (nSPS) is 24.1. The van der Waals surface area contributed by atoms with Crippen molar-refractivity contribution in [3.05, 3.63) is 0 Å². The number of nitrogens with zero attached hydrogens (tertiary/aromatic N) is 1. The van der Waals surface area contributed by atoms with Crippen molar-refractivity contribution in [2.75, 3.05) is 33.4 Å². The number of likely N-dealkylation sites (N-methyl/N-ethyl adjacent to an activating group) is 1. The van der Waals surface area contributed by atoms with E-state index in [1.165, 1.54) is 0 Å². The van der Waals surface area contributed by atoms with E-state index in [0.29, 0.717) is 12.5 Å². The Morgan fingerprint density at radius 3 is 3.00 bits per heavy atom. The van der Waals surface area contributed by atoms with Crippen molar-refractivity contribution in [3.8, 4) is 0 Å². The molecule has 1 aliphatic rings. The van der Waals surface area contributed by atoms with E-state index >= 15 is 0 Å². The zero-order chi connectivity index (χ0) is 11.3. The summed E-state index contributed by atoms with van der Waals surface area (Å²) < 4.78 is 5.36. The molecule has 0 aliphatic carbocycles. The maximum Gasteiger partial charge on any atom is 0.321 e. The van der Waals surface area contributed by atoms with Gasteiger partial charge in [-0.15, -0.1) is 0 Å². The van der Waals surface area contributed by atoms with E-state index in [-0.39, 0.29) is 0 Å². The fraction of sp³-hybridized carbons (Fsp3) is 0.900. The third-order valence-corrected chi connectivity index (χ3v) is 2.65. The molecule has 0 amide bonds. The Morgan fingerprint density at radius 1 is 1.73 bits per heavy atom. The molecule has 5 heteroatoms. The fourth-order valence-electron chi connectivity index (χ4n) is 1.88. The van der Waals surface area contributed by atoms with Crippen LogP contribution in [0.5, 0.6) is 0 Å². The first-order chi connectivity index (χ1) is 7.09. The van der Waals surface area contributed by atoms with Crippen molar-refractivity contribution in [2.24, 2.45) is 11.7 Å². The van der Waals surface area contributed by atoms with Gasteiger partial charge in [0.1, 0.15) is 6.04 Å². The van der Waals surface area contributed by atoms with Crippen LogP contribution in [0, 0.1) is 5.92 Å². The van der Waals surface area contributed by atoms with E-state index in [1.54, 1.807) is 0 Å². The van der Waals surface area contributed by atoms with Crippen LogP contribution in [0.3, 0.4) is 0 Å². The first-order valence-electron chi connectivity index (χ1n) is 5.34. The topological polar surface area (TPSA) is 75.8 Å². The van der Waals surface area contributed by atoms with Crippen molar-refractivity contribution >= 4 is 5.97 Å². The maximum absolute atomic E-state index is 10.6. The Labute approximate surface area is 90.2 Å². The van der Waals surface area contributed by atoms with Gasteiger partial charge in [-0.3, -0.25) is 4.79 Å². The number of hydrogen-bond donors (Lipinski definition) is 2. The van der Waals surface area contributed by atoms with Gasteiger partial charge < -0.3 is 20.5 Å². The van der Waals surface area contributed by atoms with Gasteiger partial charge in [-0.05, 0) is 25.8 Å². The van der Waals surface area contributed by atoms with Gasteiger partial charge in [0.2, 0.25) is 0 Å². The van der Waals surface area contributed by atoms with E-state index in [9.17, 15) is 4.79 Å². The first kappa shape index (κ1) is 12.4. The molecule has 1 saturated heterocycles. The molecule has 88 valence electrons. The fourth-order valence-corrected chi connectivity index (χ4v) is 1.88. The van der Waals surface area contributed by atoms with E-state index in [4.69, 9.17) is 15.6 Å². The Hall–Kier alpha value is -0.650. The molecule has 1 heterocycles. The first-order valence-corrected chi connectivity index (χ1v) is 5.34. The molecule has 3 N–H and O–H groups in total. The molecule has 0 aromatic carbocycles. The molecular weight excluding hydrogens is 196 g/mol. The van der Waals surface area contributed by atoms with E-state index in [1.807, 2.05) is 11.9 Å².